The number of thiophene rings is 1. The number of rotatable bonds is 6. The van der Waals surface area contributed by atoms with Crippen LogP contribution in [0.15, 0.2) is 62.8 Å². The van der Waals surface area contributed by atoms with Gasteiger partial charge in [0, 0.05) is 22.9 Å². The molecule has 0 saturated carbocycles. The Bertz CT molecular complexity index is 1250. The van der Waals surface area contributed by atoms with Crippen molar-refractivity contribution in [3.63, 3.8) is 0 Å². The van der Waals surface area contributed by atoms with Crippen molar-refractivity contribution in [1.82, 2.24) is 19.7 Å². The Kier molecular flexibility index (Phi) is 5.62. The Labute approximate surface area is 182 Å². The van der Waals surface area contributed by atoms with Crippen LogP contribution in [0.4, 0.5) is 0 Å². The van der Waals surface area contributed by atoms with Crippen molar-refractivity contribution in [3.05, 3.63) is 70.4 Å². The number of thioether (sulfide) groups is 1. The second kappa shape index (κ2) is 8.20. The van der Waals surface area contributed by atoms with Crippen molar-refractivity contribution in [2.45, 2.75) is 43.6 Å². The molecule has 6 nitrogen and oxygen atoms in total. The van der Waals surface area contributed by atoms with Gasteiger partial charge in [-0.05, 0) is 5.56 Å². The minimum absolute atomic E-state index is 0.0663. The van der Waals surface area contributed by atoms with Gasteiger partial charge in [0.2, 0.25) is 5.89 Å². The van der Waals surface area contributed by atoms with Crippen LogP contribution >= 0.6 is 23.1 Å². The van der Waals surface area contributed by atoms with E-state index in [2.05, 4.69) is 16.7 Å². The Balaban J connectivity index is 1.71. The maximum Gasteiger partial charge on any atom is 0.263 e. The van der Waals surface area contributed by atoms with Crippen LogP contribution in [0.3, 0.4) is 0 Å². The Morgan fingerprint density at radius 2 is 2.00 bits per heavy atom. The SMILES string of the molecule is C=CCn1c(SCc2nc(C(C)(C)C)no2)nc2scc(-c3ccccc3)c2c1=O. The standard InChI is InChI=1S/C22H22N4O2S2/c1-5-11-26-19(27)17-15(14-9-7-6-8-10-14)12-29-18(17)24-21(26)30-13-16-23-20(25-28-16)22(2,3)4/h5-10,12H,1,11,13H2,2-4H3. The summed E-state index contributed by atoms with van der Waals surface area (Å²) in [5, 5.41) is 7.31. The molecular weight excluding hydrogens is 416 g/mol. The highest BCUT2D eigenvalue weighted by Gasteiger charge is 2.22. The van der Waals surface area contributed by atoms with Crippen molar-refractivity contribution < 1.29 is 4.52 Å². The molecule has 0 N–H and O–H groups in total. The predicted octanol–water partition coefficient (Wildman–Crippen LogP) is 5.28. The van der Waals surface area contributed by atoms with E-state index in [0.717, 1.165) is 16.0 Å². The van der Waals surface area contributed by atoms with Gasteiger partial charge in [-0.3, -0.25) is 9.36 Å². The molecule has 0 aliphatic carbocycles. The smallest absolute Gasteiger partial charge is 0.263 e. The van der Waals surface area contributed by atoms with Gasteiger partial charge < -0.3 is 4.52 Å². The van der Waals surface area contributed by atoms with E-state index in [-0.39, 0.29) is 11.0 Å². The molecule has 0 bridgehead atoms. The lowest BCUT2D eigenvalue weighted by atomic mass is 9.96. The molecule has 0 spiro atoms. The zero-order chi connectivity index (χ0) is 21.3. The fourth-order valence-corrected chi connectivity index (χ4v) is 4.82. The van der Waals surface area contributed by atoms with Gasteiger partial charge >= 0.3 is 0 Å². The van der Waals surface area contributed by atoms with Crippen LogP contribution in [0.5, 0.6) is 0 Å². The van der Waals surface area contributed by atoms with Crippen molar-refractivity contribution in [1.29, 1.82) is 0 Å². The first-order valence-electron chi connectivity index (χ1n) is 9.52. The van der Waals surface area contributed by atoms with Gasteiger partial charge in [-0.1, -0.05) is 74.1 Å². The molecule has 0 radical (unpaired) electrons. The van der Waals surface area contributed by atoms with Gasteiger partial charge in [0.1, 0.15) is 4.83 Å². The number of fused-ring (bicyclic) bond motifs is 1. The molecule has 0 aliphatic heterocycles. The first-order chi connectivity index (χ1) is 14.4. The molecule has 4 aromatic rings. The summed E-state index contributed by atoms with van der Waals surface area (Å²) in [5.74, 6) is 1.62. The molecule has 30 heavy (non-hydrogen) atoms. The average Bonchev–Trinajstić information content (AvgIpc) is 3.36. The van der Waals surface area contributed by atoms with E-state index in [0.29, 0.717) is 34.6 Å². The van der Waals surface area contributed by atoms with Crippen LogP contribution < -0.4 is 5.56 Å². The zero-order valence-electron chi connectivity index (χ0n) is 17.1. The Morgan fingerprint density at radius 3 is 2.67 bits per heavy atom. The van der Waals surface area contributed by atoms with E-state index in [1.165, 1.54) is 23.1 Å². The van der Waals surface area contributed by atoms with Gasteiger partial charge in [-0.25, -0.2) is 4.98 Å². The molecule has 1 aromatic carbocycles. The molecular formula is C22H22N4O2S2. The molecule has 0 saturated heterocycles. The van der Waals surface area contributed by atoms with Crippen molar-refractivity contribution in [2.24, 2.45) is 0 Å². The summed E-state index contributed by atoms with van der Waals surface area (Å²) in [6.45, 7) is 10.3. The van der Waals surface area contributed by atoms with Gasteiger partial charge in [0.15, 0.2) is 11.0 Å². The molecule has 8 heteroatoms. The fourth-order valence-electron chi connectivity index (χ4n) is 2.98. The third-order valence-electron chi connectivity index (χ3n) is 4.52. The third-order valence-corrected chi connectivity index (χ3v) is 6.35. The van der Waals surface area contributed by atoms with E-state index in [4.69, 9.17) is 9.51 Å². The van der Waals surface area contributed by atoms with E-state index in [1.54, 1.807) is 10.6 Å². The second-order valence-corrected chi connectivity index (χ2v) is 9.65. The number of aromatic nitrogens is 4. The normalized spacial score (nSPS) is 11.8. The lowest BCUT2D eigenvalue weighted by molar-refractivity contribution is 0.372. The minimum atomic E-state index is -0.181. The van der Waals surface area contributed by atoms with Crippen LogP contribution in [-0.4, -0.2) is 19.7 Å². The van der Waals surface area contributed by atoms with E-state index in [9.17, 15) is 4.79 Å². The summed E-state index contributed by atoms with van der Waals surface area (Å²) in [6, 6.07) is 9.90. The van der Waals surface area contributed by atoms with Crippen LogP contribution in [0.1, 0.15) is 32.5 Å². The number of nitrogens with zero attached hydrogens (tertiary/aromatic N) is 4. The van der Waals surface area contributed by atoms with Crippen LogP contribution in [0.25, 0.3) is 21.3 Å². The van der Waals surface area contributed by atoms with E-state index >= 15 is 0 Å². The lowest BCUT2D eigenvalue weighted by Crippen LogP contribution is -2.22. The van der Waals surface area contributed by atoms with Gasteiger partial charge in [0.25, 0.3) is 5.56 Å². The summed E-state index contributed by atoms with van der Waals surface area (Å²) in [6.07, 6.45) is 1.71. The molecule has 4 rings (SSSR count). The molecule has 0 aliphatic rings. The first kappa shape index (κ1) is 20.6. The summed E-state index contributed by atoms with van der Waals surface area (Å²) in [7, 11) is 0. The molecule has 0 unspecified atom stereocenters. The molecule has 0 atom stereocenters. The summed E-state index contributed by atoms with van der Waals surface area (Å²) in [5.41, 5.74) is 1.67. The van der Waals surface area contributed by atoms with Gasteiger partial charge in [0.05, 0.1) is 11.1 Å². The van der Waals surface area contributed by atoms with Crippen LogP contribution in [-0.2, 0) is 17.7 Å². The minimum Gasteiger partial charge on any atom is -0.338 e. The average molecular weight is 439 g/mol. The molecule has 3 aromatic heterocycles. The van der Waals surface area contributed by atoms with Crippen LogP contribution in [0.2, 0.25) is 0 Å². The Hall–Kier alpha value is -2.71. The largest absolute Gasteiger partial charge is 0.338 e. The molecule has 0 amide bonds. The van der Waals surface area contributed by atoms with Crippen molar-refractivity contribution in [3.8, 4) is 11.1 Å². The molecule has 0 fully saturated rings. The highest BCUT2D eigenvalue weighted by Crippen LogP contribution is 2.32. The second-order valence-electron chi connectivity index (χ2n) is 7.84. The van der Waals surface area contributed by atoms with E-state index < -0.39 is 0 Å². The monoisotopic (exact) mass is 438 g/mol. The highest BCUT2D eigenvalue weighted by molar-refractivity contribution is 7.98. The van der Waals surface area contributed by atoms with E-state index in [1.807, 2.05) is 56.5 Å². The topological polar surface area (TPSA) is 73.8 Å². The number of benzene rings is 1. The molecule has 3 heterocycles. The summed E-state index contributed by atoms with van der Waals surface area (Å²) < 4.78 is 7.03. The maximum absolute atomic E-state index is 13.4. The number of hydrogen-bond acceptors (Lipinski definition) is 7. The Morgan fingerprint density at radius 1 is 1.23 bits per heavy atom. The van der Waals surface area contributed by atoms with Crippen molar-refractivity contribution in [2.75, 3.05) is 0 Å². The van der Waals surface area contributed by atoms with Gasteiger partial charge in [-0.15, -0.1) is 17.9 Å². The number of allylic oxidation sites excluding steroid dienone is 1. The maximum atomic E-state index is 13.4. The fraction of sp³-hybridized carbons (Fsp3) is 0.273. The quantitative estimate of drug-likeness (QED) is 0.231. The first-order valence-corrected chi connectivity index (χ1v) is 11.4. The number of hydrogen-bond donors (Lipinski definition) is 0. The predicted molar refractivity (Wildman–Crippen MR) is 122 cm³/mol. The third kappa shape index (κ3) is 3.97. The van der Waals surface area contributed by atoms with Gasteiger partial charge in [-0.2, -0.15) is 4.98 Å². The zero-order valence-corrected chi connectivity index (χ0v) is 18.7. The molecule has 154 valence electrons. The highest BCUT2D eigenvalue weighted by atomic mass is 32.2. The summed E-state index contributed by atoms with van der Waals surface area (Å²) in [4.78, 5) is 23.3. The lowest BCUT2D eigenvalue weighted by Gasteiger charge is -2.11. The van der Waals surface area contributed by atoms with Crippen LogP contribution in [0, 0.1) is 0 Å². The summed E-state index contributed by atoms with van der Waals surface area (Å²) >= 11 is 2.89. The van der Waals surface area contributed by atoms with Crippen molar-refractivity contribution >= 4 is 33.3 Å².